The second-order valence-electron chi connectivity index (χ2n) is 17.6. The Labute approximate surface area is 424 Å². The number of carbonyl (C=O) groups excluding carboxylic acids is 1. The van der Waals surface area contributed by atoms with Gasteiger partial charge in [0.2, 0.25) is 5.91 Å². The van der Waals surface area contributed by atoms with Crippen LogP contribution in [-0.4, -0.2) is 140 Å². The zero-order chi connectivity index (χ0) is 51.7. The highest BCUT2D eigenvalue weighted by Gasteiger charge is 2.51. The van der Waals surface area contributed by atoms with Crippen molar-refractivity contribution in [3.63, 3.8) is 0 Å². The second-order valence-corrected chi connectivity index (χ2v) is 17.6. The van der Waals surface area contributed by atoms with Crippen molar-refractivity contribution in [1.82, 2.24) is 5.32 Å². The SMILES string of the molecule is CC/C=C\C/C=C\C/C=C\C/C=C\C/C=C\C/C=C\C/C=C\C/C=C\C/C=C\C/C=C\CCCCC(=O)NC(COC1OC(CO)C(OC2OC(CO)C(O)C(O)C2O)C(O)C1O)C(O)/C=C/CCCC. The van der Waals surface area contributed by atoms with E-state index in [1.165, 1.54) is 0 Å². The maximum absolute atomic E-state index is 13.0. The van der Waals surface area contributed by atoms with Gasteiger partial charge >= 0.3 is 0 Å². The fraction of sp³-hybridized carbons (Fsp3) is 0.596. The van der Waals surface area contributed by atoms with E-state index in [9.17, 15) is 45.6 Å². The van der Waals surface area contributed by atoms with E-state index in [-0.39, 0.29) is 18.9 Å². The number of carbonyl (C=O) groups is 1. The van der Waals surface area contributed by atoms with Crippen LogP contribution in [0, 0.1) is 0 Å². The van der Waals surface area contributed by atoms with Crippen LogP contribution >= 0.6 is 0 Å². The summed E-state index contributed by atoms with van der Waals surface area (Å²) in [6, 6.07) is -0.944. The number of rotatable bonds is 37. The molecule has 2 saturated heterocycles. The first-order valence-corrected chi connectivity index (χ1v) is 25.9. The lowest BCUT2D eigenvalue weighted by molar-refractivity contribution is -0.359. The highest BCUT2D eigenvalue weighted by atomic mass is 16.7. The second kappa shape index (κ2) is 41.6. The molecule has 0 aromatic rings. The Bertz CT molecular complexity index is 1700. The molecule has 0 bridgehead atoms. The van der Waals surface area contributed by atoms with Gasteiger partial charge in [-0.3, -0.25) is 4.79 Å². The van der Waals surface area contributed by atoms with Crippen LogP contribution in [0.1, 0.15) is 123 Å². The summed E-state index contributed by atoms with van der Waals surface area (Å²) in [7, 11) is 0. The quantitative estimate of drug-likeness (QED) is 0.0221. The molecule has 0 spiro atoms. The number of unbranched alkanes of at least 4 members (excludes halogenated alkanes) is 4. The summed E-state index contributed by atoms with van der Waals surface area (Å²) in [6.07, 6.45) is 44.5. The van der Waals surface area contributed by atoms with Gasteiger partial charge in [-0.05, 0) is 89.9 Å². The van der Waals surface area contributed by atoms with E-state index in [4.69, 9.17) is 18.9 Å². The smallest absolute Gasteiger partial charge is 0.220 e. The summed E-state index contributed by atoms with van der Waals surface area (Å²) in [6.45, 7) is 2.43. The molecular formula is C57H89NO13. The molecule has 2 heterocycles. The van der Waals surface area contributed by atoms with E-state index in [0.29, 0.717) is 6.42 Å². The van der Waals surface area contributed by atoms with Crippen molar-refractivity contribution in [3.05, 3.63) is 134 Å². The molecular weight excluding hydrogens is 907 g/mol. The molecule has 0 aromatic heterocycles. The normalized spacial score (nSPS) is 26.9. The van der Waals surface area contributed by atoms with E-state index in [0.717, 1.165) is 96.3 Å². The number of hydrogen-bond donors (Lipinski definition) is 9. The van der Waals surface area contributed by atoms with Crippen molar-refractivity contribution >= 4 is 5.91 Å². The Balaban J connectivity index is 1.64. The third-order valence-electron chi connectivity index (χ3n) is 11.6. The van der Waals surface area contributed by atoms with Crippen LogP contribution < -0.4 is 5.32 Å². The van der Waals surface area contributed by atoms with Gasteiger partial charge in [0.15, 0.2) is 12.6 Å². The first kappa shape index (κ1) is 63.2. The van der Waals surface area contributed by atoms with Crippen molar-refractivity contribution in [2.45, 2.75) is 197 Å². The molecule has 0 aliphatic carbocycles. The molecule has 1 amide bonds. The predicted molar refractivity (Wildman–Crippen MR) is 281 cm³/mol. The molecule has 14 heteroatoms. The Kier molecular flexibility index (Phi) is 37.0. The predicted octanol–water partition coefficient (Wildman–Crippen LogP) is 7.26. The number of allylic oxidation sites excluding steroid dienone is 21. The molecule has 400 valence electrons. The first-order chi connectivity index (χ1) is 34.6. The average molecular weight is 996 g/mol. The summed E-state index contributed by atoms with van der Waals surface area (Å²) < 4.78 is 22.5. The van der Waals surface area contributed by atoms with Crippen LogP contribution in [0.2, 0.25) is 0 Å². The highest BCUT2D eigenvalue weighted by molar-refractivity contribution is 5.76. The lowest BCUT2D eigenvalue weighted by Gasteiger charge is -2.46. The number of hydrogen-bond acceptors (Lipinski definition) is 13. The molecule has 2 aliphatic rings. The van der Waals surface area contributed by atoms with Crippen LogP contribution in [-0.2, 0) is 23.7 Å². The fourth-order valence-corrected chi connectivity index (χ4v) is 7.36. The molecule has 0 radical (unpaired) electrons. The van der Waals surface area contributed by atoms with Gasteiger partial charge in [0.25, 0.3) is 0 Å². The van der Waals surface area contributed by atoms with Gasteiger partial charge in [0.1, 0.15) is 48.8 Å². The number of amides is 1. The summed E-state index contributed by atoms with van der Waals surface area (Å²) >= 11 is 0. The van der Waals surface area contributed by atoms with Gasteiger partial charge in [0.05, 0.1) is 32.0 Å². The summed E-state index contributed by atoms with van der Waals surface area (Å²) in [5.41, 5.74) is 0. The van der Waals surface area contributed by atoms with Gasteiger partial charge in [-0.1, -0.05) is 160 Å². The third-order valence-corrected chi connectivity index (χ3v) is 11.6. The Morgan fingerprint density at radius 3 is 1.42 bits per heavy atom. The molecule has 0 saturated carbocycles. The number of ether oxygens (including phenoxy) is 4. The minimum Gasteiger partial charge on any atom is -0.394 e. The van der Waals surface area contributed by atoms with Crippen LogP contribution in [0.4, 0.5) is 0 Å². The van der Waals surface area contributed by atoms with E-state index < -0.39 is 86.8 Å². The van der Waals surface area contributed by atoms with Crippen molar-refractivity contribution < 1.29 is 64.6 Å². The number of aliphatic hydroxyl groups excluding tert-OH is 8. The molecule has 9 N–H and O–H groups in total. The number of aliphatic hydroxyl groups is 8. The van der Waals surface area contributed by atoms with Crippen LogP contribution in [0.3, 0.4) is 0 Å². The lowest BCUT2D eigenvalue weighted by atomic mass is 9.97. The van der Waals surface area contributed by atoms with E-state index in [2.05, 4.69) is 134 Å². The van der Waals surface area contributed by atoms with E-state index >= 15 is 0 Å². The zero-order valence-corrected chi connectivity index (χ0v) is 42.4. The fourth-order valence-electron chi connectivity index (χ4n) is 7.36. The average Bonchev–Trinajstić information content (AvgIpc) is 3.37. The van der Waals surface area contributed by atoms with Crippen LogP contribution in [0.15, 0.2) is 134 Å². The van der Waals surface area contributed by atoms with E-state index in [1.54, 1.807) is 6.08 Å². The maximum atomic E-state index is 13.0. The topological polar surface area (TPSA) is 228 Å². The first-order valence-electron chi connectivity index (χ1n) is 25.9. The van der Waals surface area contributed by atoms with Crippen LogP contribution in [0.25, 0.3) is 0 Å². The standard InChI is InChI=1S/C57H89NO13/c1-3-5-7-9-10-11-12-13-14-15-16-17-18-19-20-21-22-23-24-25-26-27-28-29-30-31-32-33-34-35-36-37-39-41-49(62)58-45(46(61)40-38-8-6-4-2)44-68-56-54(67)52(65)55(48(43-60)70-56)71-57-53(66)51(64)50(63)47(42-59)69-57/h5,7,10-11,13-14,16-17,19-20,22-23,25-26,28-29,31-32,34-35,38,40,45-48,50-57,59-61,63-67H,3-4,6,8-9,12,15,18,21,24,27,30,33,36-37,39,41-44H2,1-2H3,(H,58,62)/b7-5-,11-10-,14-13-,17-16-,20-19-,23-22-,26-25-,29-28-,32-31-,35-34-,40-38+. The minimum atomic E-state index is -1.80. The zero-order valence-electron chi connectivity index (χ0n) is 42.4. The summed E-state index contributed by atoms with van der Waals surface area (Å²) in [4.78, 5) is 13.0. The molecule has 2 aliphatic heterocycles. The molecule has 71 heavy (non-hydrogen) atoms. The summed E-state index contributed by atoms with van der Waals surface area (Å²) in [5.74, 6) is -0.300. The van der Waals surface area contributed by atoms with Crippen LogP contribution in [0.5, 0.6) is 0 Å². The molecule has 14 nitrogen and oxygen atoms in total. The molecule has 12 atom stereocenters. The lowest BCUT2D eigenvalue weighted by Crippen LogP contribution is -2.65. The molecule has 0 aromatic carbocycles. The monoisotopic (exact) mass is 996 g/mol. The molecule has 2 fully saturated rings. The van der Waals surface area contributed by atoms with Crippen molar-refractivity contribution in [2.24, 2.45) is 0 Å². The van der Waals surface area contributed by atoms with Gasteiger partial charge in [0, 0.05) is 6.42 Å². The van der Waals surface area contributed by atoms with Gasteiger partial charge < -0.3 is 65.1 Å². The third kappa shape index (κ3) is 28.2. The highest BCUT2D eigenvalue weighted by Crippen LogP contribution is 2.30. The maximum Gasteiger partial charge on any atom is 0.220 e. The van der Waals surface area contributed by atoms with Gasteiger partial charge in [-0.25, -0.2) is 0 Å². The van der Waals surface area contributed by atoms with E-state index in [1.807, 2.05) is 13.0 Å². The summed E-state index contributed by atoms with van der Waals surface area (Å²) in [5, 5.41) is 86.0. The number of nitrogens with one attached hydrogen (secondary N) is 1. The van der Waals surface area contributed by atoms with Gasteiger partial charge in [-0.15, -0.1) is 0 Å². The Hall–Kier alpha value is -3.87. The molecule has 12 unspecified atom stereocenters. The Morgan fingerprint density at radius 1 is 0.521 bits per heavy atom. The van der Waals surface area contributed by atoms with Crippen molar-refractivity contribution in [3.8, 4) is 0 Å². The Morgan fingerprint density at radius 2 is 0.958 bits per heavy atom. The van der Waals surface area contributed by atoms with Gasteiger partial charge in [-0.2, -0.15) is 0 Å². The van der Waals surface area contributed by atoms with Crippen molar-refractivity contribution in [2.75, 3.05) is 19.8 Å². The molecule has 2 rings (SSSR count). The largest absolute Gasteiger partial charge is 0.394 e. The van der Waals surface area contributed by atoms with Crippen molar-refractivity contribution in [1.29, 1.82) is 0 Å². The minimum absolute atomic E-state index is 0.214.